The summed E-state index contributed by atoms with van der Waals surface area (Å²) < 4.78 is 5.03. The molecule has 0 spiro atoms. The van der Waals surface area contributed by atoms with Gasteiger partial charge in [0, 0.05) is 5.92 Å². The predicted octanol–water partition coefficient (Wildman–Crippen LogP) is 0.278. The maximum Gasteiger partial charge on any atom is 0.309 e. The monoisotopic (exact) mass is 194 g/mol. The van der Waals surface area contributed by atoms with Gasteiger partial charge in [0.15, 0.2) is 0 Å². The summed E-state index contributed by atoms with van der Waals surface area (Å²) in [6, 6.07) is 0. The molecular weight excluding hydrogens is 180 g/mol. The second-order valence-corrected chi connectivity index (χ2v) is 5.23. The lowest BCUT2D eigenvalue weighted by atomic mass is 9.86. The van der Waals surface area contributed by atoms with Crippen LogP contribution in [0.4, 0.5) is 0 Å². The van der Waals surface area contributed by atoms with Gasteiger partial charge >= 0.3 is 5.97 Å². The number of aliphatic hydroxyl groups excluding tert-OH is 1. The van der Waals surface area contributed by atoms with Crippen molar-refractivity contribution in [1.29, 1.82) is 0 Å². The second kappa shape index (κ2) is 2.01. The highest BCUT2D eigenvalue weighted by atomic mass is 16.5. The van der Waals surface area contributed by atoms with E-state index in [9.17, 15) is 9.90 Å². The van der Waals surface area contributed by atoms with Gasteiger partial charge in [0.1, 0.15) is 0 Å². The highest BCUT2D eigenvalue weighted by Gasteiger charge is 2.88. The molecule has 0 aromatic carbocycles. The summed E-state index contributed by atoms with van der Waals surface area (Å²) >= 11 is 0. The molecule has 0 aromatic heterocycles. The van der Waals surface area contributed by atoms with Crippen LogP contribution in [0.1, 0.15) is 6.92 Å². The van der Waals surface area contributed by atoms with Gasteiger partial charge in [0.2, 0.25) is 0 Å². The number of esters is 1. The zero-order chi connectivity index (χ0) is 9.61. The summed E-state index contributed by atoms with van der Waals surface area (Å²) in [6.07, 6.45) is -0.186. The molecule has 14 heavy (non-hydrogen) atoms. The van der Waals surface area contributed by atoms with E-state index in [1.165, 1.54) is 0 Å². The predicted molar refractivity (Wildman–Crippen MR) is 47.1 cm³/mol. The lowest BCUT2D eigenvalue weighted by Gasteiger charge is -2.23. The van der Waals surface area contributed by atoms with E-state index in [1.807, 2.05) is 6.92 Å². The van der Waals surface area contributed by atoms with Crippen molar-refractivity contribution in [3.05, 3.63) is 0 Å². The minimum absolute atomic E-state index is 0.0509. The Morgan fingerprint density at radius 3 is 2.43 bits per heavy atom. The average Bonchev–Trinajstić information content (AvgIpc) is 2.99. The van der Waals surface area contributed by atoms with Crippen molar-refractivity contribution in [3.63, 3.8) is 0 Å². The Kier molecular flexibility index (Phi) is 1.10. The molecule has 5 fully saturated rings. The van der Waals surface area contributed by atoms with Crippen LogP contribution >= 0.6 is 0 Å². The van der Waals surface area contributed by atoms with E-state index in [-0.39, 0.29) is 23.9 Å². The van der Waals surface area contributed by atoms with Crippen LogP contribution in [-0.2, 0) is 9.53 Å². The summed E-state index contributed by atoms with van der Waals surface area (Å²) in [5.41, 5.74) is 0. The summed E-state index contributed by atoms with van der Waals surface area (Å²) in [5.74, 6) is 3.70. The van der Waals surface area contributed by atoms with Gasteiger partial charge in [-0.05, 0) is 36.5 Å². The van der Waals surface area contributed by atoms with Crippen molar-refractivity contribution in [1.82, 2.24) is 0 Å². The van der Waals surface area contributed by atoms with Crippen LogP contribution in [-0.4, -0.2) is 23.8 Å². The molecule has 0 aromatic rings. The number of hydrogen-bond donors (Lipinski definition) is 1. The Hall–Kier alpha value is -0.570. The van der Waals surface area contributed by atoms with E-state index < -0.39 is 0 Å². The van der Waals surface area contributed by atoms with Gasteiger partial charge in [-0.15, -0.1) is 0 Å². The molecular formula is C11H14O3. The van der Waals surface area contributed by atoms with Crippen molar-refractivity contribution in [2.45, 2.75) is 13.0 Å². The zero-order valence-electron chi connectivity index (χ0n) is 8.09. The van der Waals surface area contributed by atoms with Gasteiger partial charge in [0.05, 0.1) is 18.6 Å². The van der Waals surface area contributed by atoms with E-state index in [0.29, 0.717) is 18.4 Å². The van der Waals surface area contributed by atoms with E-state index in [0.717, 1.165) is 17.8 Å². The molecule has 5 aliphatic carbocycles. The first-order valence-corrected chi connectivity index (χ1v) is 5.62. The van der Waals surface area contributed by atoms with E-state index in [1.54, 1.807) is 0 Å². The molecule has 3 nitrogen and oxygen atoms in total. The minimum Gasteiger partial charge on any atom is -0.466 e. The van der Waals surface area contributed by atoms with Crippen molar-refractivity contribution in [2.24, 2.45) is 41.4 Å². The first-order chi connectivity index (χ1) is 6.77. The average molecular weight is 194 g/mol. The Morgan fingerprint density at radius 1 is 1.14 bits per heavy atom. The van der Waals surface area contributed by atoms with Crippen LogP contribution in [0, 0.1) is 41.4 Å². The molecule has 6 atom stereocenters. The second-order valence-electron chi connectivity index (χ2n) is 5.23. The Bertz CT molecular complexity index is 312. The molecule has 2 bridgehead atoms. The van der Waals surface area contributed by atoms with Crippen molar-refractivity contribution >= 4 is 5.97 Å². The highest BCUT2D eigenvalue weighted by Crippen LogP contribution is 2.87. The van der Waals surface area contributed by atoms with E-state index in [4.69, 9.17) is 4.74 Å². The lowest BCUT2D eigenvalue weighted by molar-refractivity contribution is -0.145. The molecule has 6 unspecified atom stereocenters. The van der Waals surface area contributed by atoms with E-state index >= 15 is 0 Å². The number of ether oxygens (including phenoxy) is 1. The van der Waals surface area contributed by atoms with Crippen LogP contribution < -0.4 is 0 Å². The van der Waals surface area contributed by atoms with Crippen molar-refractivity contribution in [3.8, 4) is 0 Å². The molecule has 76 valence electrons. The van der Waals surface area contributed by atoms with Gasteiger partial charge in [-0.2, -0.15) is 0 Å². The largest absolute Gasteiger partial charge is 0.466 e. The standard InChI is InChI=1S/C11H14O3/c1-2-14-11(13)9-6-3-4-5(3)7(4)10(12)8(6)9/h3-10,12H,2H2,1H3. The van der Waals surface area contributed by atoms with Gasteiger partial charge in [-0.1, -0.05) is 0 Å². The topological polar surface area (TPSA) is 46.5 Å². The van der Waals surface area contributed by atoms with Crippen LogP contribution in [0.15, 0.2) is 0 Å². The van der Waals surface area contributed by atoms with E-state index in [2.05, 4.69) is 0 Å². The van der Waals surface area contributed by atoms with Gasteiger partial charge in [-0.25, -0.2) is 0 Å². The van der Waals surface area contributed by atoms with Crippen LogP contribution in [0.25, 0.3) is 0 Å². The van der Waals surface area contributed by atoms with Crippen LogP contribution in [0.5, 0.6) is 0 Å². The molecule has 0 saturated heterocycles. The van der Waals surface area contributed by atoms with Crippen LogP contribution in [0.3, 0.4) is 0 Å². The normalized spacial score (nSPS) is 65.0. The number of rotatable bonds is 2. The van der Waals surface area contributed by atoms with Crippen molar-refractivity contribution in [2.75, 3.05) is 6.61 Å². The SMILES string of the molecule is CCOC(=O)C1C2C(O)C3C4C3C4C12. The third-order valence-electron chi connectivity index (χ3n) is 4.87. The number of carbonyl (C=O) groups excluding carboxylic acids is 1. The van der Waals surface area contributed by atoms with Crippen molar-refractivity contribution < 1.29 is 14.6 Å². The molecule has 5 aliphatic rings. The fraction of sp³-hybridized carbons (Fsp3) is 0.909. The quantitative estimate of drug-likeness (QED) is 0.642. The fourth-order valence-corrected chi connectivity index (χ4v) is 4.21. The number of aliphatic hydroxyl groups is 1. The smallest absolute Gasteiger partial charge is 0.309 e. The summed E-state index contributed by atoms with van der Waals surface area (Å²) in [4.78, 5) is 11.6. The molecule has 5 saturated carbocycles. The number of carbonyl (C=O) groups is 1. The molecule has 5 rings (SSSR count). The molecule has 0 aliphatic heterocycles. The Balaban J connectivity index is 1.54. The Morgan fingerprint density at radius 2 is 1.79 bits per heavy atom. The highest BCUT2D eigenvalue weighted by molar-refractivity contribution is 5.77. The molecule has 0 amide bonds. The van der Waals surface area contributed by atoms with Gasteiger partial charge < -0.3 is 9.84 Å². The van der Waals surface area contributed by atoms with Gasteiger partial charge in [-0.3, -0.25) is 4.79 Å². The molecule has 0 heterocycles. The zero-order valence-corrected chi connectivity index (χ0v) is 8.09. The van der Waals surface area contributed by atoms with Gasteiger partial charge in [0.25, 0.3) is 0 Å². The molecule has 1 N–H and O–H groups in total. The summed E-state index contributed by atoms with van der Waals surface area (Å²) in [6.45, 7) is 2.30. The Labute approximate surface area is 82.4 Å². The number of hydrogen-bond acceptors (Lipinski definition) is 3. The third kappa shape index (κ3) is 0.630. The summed E-state index contributed by atoms with van der Waals surface area (Å²) in [5, 5.41) is 9.93. The van der Waals surface area contributed by atoms with Crippen LogP contribution in [0.2, 0.25) is 0 Å². The third-order valence-corrected chi connectivity index (χ3v) is 4.87. The maximum atomic E-state index is 11.6. The summed E-state index contributed by atoms with van der Waals surface area (Å²) in [7, 11) is 0. The first-order valence-electron chi connectivity index (χ1n) is 5.62. The molecule has 3 heteroatoms. The maximum absolute atomic E-state index is 11.6. The lowest BCUT2D eigenvalue weighted by Crippen LogP contribution is -2.27. The first kappa shape index (κ1) is 7.69. The molecule has 0 radical (unpaired) electrons. The fourth-order valence-electron chi connectivity index (χ4n) is 4.21. The minimum atomic E-state index is -0.186.